The molecule has 0 aliphatic carbocycles. The molecule has 0 bridgehead atoms. The molecule has 2 aromatic carbocycles. The van der Waals surface area contributed by atoms with Crippen LogP contribution in [0, 0.1) is 41.5 Å². The molecule has 2 atom stereocenters. The summed E-state index contributed by atoms with van der Waals surface area (Å²) in [5.74, 6) is 10.5. The summed E-state index contributed by atoms with van der Waals surface area (Å²) in [5.41, 5.74) is 13.0. The second-order valence-electron chi connectivity index (χ2n) is 15.5. The summed E-state index contributed by atoms with van der Waals surface area (Å²) in [4.78, 5) is 37.4. The van der Waals surface area contributed by atoms with Crippen LogP contribution in [0.15, 0.2) is 58.5 Å². The van der Waals surface area contributed by atoms with Gasteiger partial charge in [-0.2, -0.15) is 0 Å². The quantitative estimate of drug-likeness (QED) is 0.0824. The summed E-state index contributed by atoms with van der Waals surface area (Å²) in [6.45, 7) is 17.8. The van der Waals surface area contributed by atoms with Gasteiger partial charge in [0, 0.05) is 48.5 Å². The molecule has 6 heterocycles. The maximum Gasteiger partial charge on any atom is 0.308 e. The van der Waals surface area contributed by atoms with E-state index < -0.39 is 17.7 Å². The normalized spacial score (nSPS) is 15.0. The standard InChI is InChI=1S/C23H25ClN4O2S.C20H20ClN5OS.H4N2.H2O/c1-12-13(2)31-22-19(12)20(15-7-9-16(24)10-8-15)25-17(11-18(29)30-23(4,5)6)21-27-26-14(3)28(21)22;1-10-11(2)28-20-17(10)18(13-4-6-14(21)7-5-13)23-16(8-15(27)9-22)19-25-24-12(3)26(19)20;1-2;/h7-10,17H,11H2,1-6H3;4-7,16H,8-9,22H2,1-3H3;1-2H2;1H2/t17-;16-;;/m11../s1. The summed E-state index contributed by atoms with van der Waals surface area (Å²) in [6, 6.07) is 14.3. The molecule has 0 fully saturated rings. The number of hydrazine groups is 1. The first-order valence-electron chi connectivity index (χ1n) is 19.4. The summed E-state index contributed by atoms with van der Waals surface area (Å²) in [5, 5.41) is 20.7. The minimum Gasteiger partial charge on any atom is -0.460 e. The lowest BCUT2D eigenvalue weighted by molar-refractivity contribution is -0.155. The van der Waals surface area contributed by atoms with Crippen LogP contribution in [-0.4, -0.2) is 70.3 Å². The molecule has 6 aromatic rings. The highest BCUT2D eigenvalue weighted by Crippen LogP contribution is 2.41. The van der Waals surface area contributed by atoms with Crippen molar-refractivity contribution in [3.05, 3.63) is 125 Å². The average Bonchev–Trinajstić information content (AvgIpc) is 3.91. The Kier molecular flexibility index (Phi) is 15.2. The number of hydrogen-bond donors (Lipinski definition) is 3. The van der Waals surface area contributed by atoms with Gasteiger partial charge in [-0.05, 0) is 97.7 Å². The number of aliphatic imine (C=N–C) groups is 2. The number of benzene rings is 2. The van der Waals surface area contributed by atoms with Gasteiger partial charge in [-0.3, -0.25) is 40.4 Å². The number of ketones is 1. The van der Waals surface area contributed by atoms with Crippen LogP contribution in [0.25, 0.3) is 10.0 Å². The van der Waals surface area contributed by atoms with Crippen molar-refractivity contribution >= 4 is 69.1 Å². The molecule has 2 aliphatic heterocycles. The second-order valence-corrected chi connectivity index (χ2v) is 18.8. The number of rotatable bonds is 7. The Morgan fingerprint density at radius 2 is 1.06 bits per heavy atom. The Balaban J connectivity index is 0.000000223. The highest BCUT2D eigenvalue weighted by molar-refractivity contribution is 7.15. The number of ether oxygens (including phenoxy) is 1. The van der Waals surface area contributed by atoms with E-state index in [0.29, 0.717) is 21.7 Å². The summed E-state index contributed by atoms with van der Waals surface area (Å²) in [6.07, 6.45) is 0.276. The first-order valence-corrected chi connectivity index (χ1v) is 21.8. The molecule has 0 unspecified atom stereocenters. The van der Waals surface area contributed by atoms with Gasteiger partial charge in [0.1, 0.15) is 45.1 Å². The van der Waals surface area contributed by atoms with E-state index in [1.165, 1.54) is 15.3 Å². The Morgan fingerprint density at radius 3 is 1.44 bits per heavy atom. The number of hydrogen-bond acceptors (Lipinski definition) is 14. The minimum atomic E-state index is -0.569. The number of aromatic nitrogens is 6. The van der Waals surface area contributed by atoms with Gasteiger partial charge in [-0.25, -0.2) is 0 Å². The van der Waals surface area contributed by atoms with Crippen molar-refractivity contribution in [2.75, 3.05) is 6.54 Å². The lowest BCUT2D eigenvalue weighted by Crippen LogP contribution is -2.25. The maximum atomic E-state index is 12.7. The molecule has 0 radical (unpaired) electrons. The highest BCUT2D eigenvalue weighted by Gasteiger charge is 2.34. The van der Waals surface area contributed by atoms with Crippen LogP contribution in [0.4, 0.5) is 0 Å². The molecule has 62 heavy (non-hydrogen) atoms. The fourth-order valence-corrected chi connectivity index (χ4v) is 9.78. The van der Waals surface area contributed by atoms with Crippen molar-refractivity contribution in [1.29, 1.82) is 0 Å². The van der Waals surface area contributed by atoms with E-state index in [9.17, 15) is 9.59 Å². The number of aryl methyl sites for hydroxylation is 4. The van der Waals surface area contributed by atoms with Crippen molar-refractivity contribution in [2.45, 2.75) is 92.8 Å². The highest BCUT2D eigenvalue weighted by atomic mass is 35.5. The summed E-state index contributed by atoms with van der Waals surface area (Å²) in [7, 11) is 0. The maximum absolute atomic E-state index is 12.7. The first-order chi connectivity index (χ1) is 28.9. The number of carbonyl (C=O) groups excluding carboxylic acids is 2. The van der Waals surface area contributed by atoms with Crippen LogP contribution in [0.5, 0.6) is 0 Å². The fraction of sp³-hybridized carbons (Fsp3) is 0.349. The zero-order chi connectivity index (χ0) is 44.5. The molecule has 8 N–H and O–H groups in total. The van der Waals surface area contributed by atoms with Gasteiger partial charge < -0.3 is 15.9 Å². The van der Waals surface area contributed by atoms with Gasteiger partial charge in [0.05, 0.1) is 24.4 Å². The van der Waals surface area contributed by atoms with Crippen molar-refractivity contribution in [2.24, 2.45) is 27.4 Å². The molecule has 8 rings (SSSR count). The SMILES string of the molecule is Cc1sc2c(c1C)C(c1ccc(Cl)cc1)=N[C@H](CC(=O)CN)c1nnc(C)n1-2.Cc1sc2c(c1C)C(c1ccc(Cl)cc1)=N[C@H](CC(=O)OC(C)(C)C)c1nnc(C)n1-2.NN.O. The van der Waals surface area contributed by atoms with Gasteiger partial charge >= 0.3 is 5.97 Å². The average molecular weight is 921 g/mol. The van der Waals surface area contributed by atoms with Gasteiger partial charge in [0.2, 0.25) is 0 Å². The predicted molar refractivity (Wildman–Crippen MR) is 248 cm³/mol. The van der Waals surface area contributed by atoms with Gasteiger partial charge in [-0.15, -0.1) is 43.1 Å². The van der Waals surface area contributed by atoms with Crippen LogP contribution in [0.2, 0.25) is 10.0 Å². The van der Waals surface area contributed by atoms with Crippen LogP contribution in [0.3, 0.4) is 0 Å². The third kappa shape index (κ3) is 9.80. The molecule has 328 valence electrons. The largest absolute Gasteiger partial charge is 0.460 e. The zero-order valence-electron chi connectivity index (χ0n) is 36.0. The number of esters is 1. The minimum absolute atomic E-state index is 0. The zero-order valence-corrected chi connectivity index (χ0v) is 39.1. The van der Waals surface area contributed by atoms with E-state index in [1.54, 1.807) is 22.7 Å². The lowest BCUT2D eigenvalue weighted by Gasteiger charge is -2.21. The molecule has 0 spiro atoms. The van der Waals surface area contributed by atoms with Crippen molar-refractivity contribution in [3.8, 4) is 10.0 Å². The molecule has 0 saturated carbocycles. The predicted octanol–water partition coefficient (Wildman–Crippen LogP) is 7.24. The van der Waals surface area contributed by atoms with E-state index in [1.807, 2.05) is 92.3 Å². The van der Waals surface area contributed by atoms with Crippen LogP contribution < -0.4 is 17.4 Å². The van der Waals surface area contributed by atoms with Crippen LogP contribution in [-0.2, 0) is 14.3 Å². The van der Waals surface area contributed by atoms with E-state index in [0.717, 1.165) is 60.9 Å². The molecule has 0 saturated heterocycles. The molecular formula is C43H51Cl2N11O4S2. The number of carbonyl (C=O) groups is 2. The molecule has 15 nitrogen and oxygen atoms in total. The number of nitrogens with zero attached hydrogens (tertiary/aromatic N) is 8. The molecule has 19 heteroatoms. The molecule has 4 aromatic heterocycles. The van der Waals surface area contributed by atoms with Gasteiger partial charge in [-0.1, -0.05) is 47.5 Å². The molecule has 2 aliphatic rings. The van der Waals surface area contributed by atoms with Crippen LogP contribution >= 0.6 is 45.9 Å². The number of halogens is 2. The van der Waals surface area contributed by atoms with Crippen LogP contribution in [0.1, 0.15) is 112 Å². The Labute approximate surface area is 378 Å². The first kappa shape index (κ1) is 48.1. The molecular weight excluding hydrogens is 870 g/mol. The summed E-state index contributed by atoms with van der Waals surface area (Å²) < 4.78 is 9.64. The third-order valence-corrected chi connectivity index (χ3v) is 13.0. The van der Waals surface area contributed by atoms with E-state index >= 15 is 0 Å². The smallest absolute Gasteiger partial charge is 0.308 e. The van der Waals surface area contributed by atoms with Gasteiger partial charge in [0.15, 0.2) is 11.6 Å². The lowest BCUT2D eigenvalue weighted by atomic mass is 9.99. The van der Waals surface area contributed by atoms with E-state index in [-0.39, 0.29) is 36.6 Å². The van der Waals surface area contributed by atoms with E-state index in [4.69, 9.17) is 43.7 Å². The third-order valence-electron chi connectivity index (χ3n) is 10.1. The number of thiophene rings is 2. The number of nitrogens with two attached hydrogens (primary N) is 3. The number of fused-ring (bicyclic) bond motifs is 6. The van der Waals surface area contributed by atoms with Crippen molar-refractivity contribution in [3.63, 3.8) is 0 Å². The molecule has 0 amide bonds. The van der Waals surface area contributed by atoms with Crippen molar-refractivity contribution < 1.29 is 19.8 Å². The Bertz CT molecular complexity index is 2660. The van der Waals surface area contributed by atoms with Gasteiger partial charge in [0.25, 0.3) is 0 Å². The Morgan fingerprint density at radius 1 is 0.677 bits per heavy atom. The monoisotopic (exact) mass is 919 g/mol. The number of Topliss-reactive ketones (excluding diaryl/α,β-unsaturated/α-hetero) is 1. The van der Waals surface area contributed by atoms with E-state index in [2.05, 4.69) is 59.8 Å². The topological polar surface area (TPSA) is 239 Å². The second kappa shape index (κ2) is 19.6. The summed E-state index contributed by atoms with van der Waals surface area (Å²) >= 11 is 15.6. The Hall–Kier alpha value is -4.98. The fourth-order valence-electron chi connectivity index (χ4n) is 7.11. The van der Waals surface area contributed by atoms with Crippen molar-refractivity contribution in [1.82, 2.24) is 29.5 Å².